The molecule has 0 fully saturated rings. The van der Waals surface area contributed by atoms with Crippen LogP contribution in [0.3, 0.4) is 0 Å². The molecule has 0 aliphatic rings. The Morgan fingerprint density at radius 1 is 1.21 bits per heavy atom. The summed E-state index contributed by atoms with van der Waals surface area (Å²) in [4.78, 5) is 16.0. The Hall–Kier alpha value is -2.64. The number of pyridine rings is 1. The van der Waals surface area contributed by atoms with Crippen molar-refractivity contribution < 1.29 is 19.3 Å². The van der Waals surface area contributed by atoms with Crippen molar-refractivity contribution in [3.05, 3.63) is 66.2 Å². The van der Waals surface area contributed by atoms with Crippen molar-refractivity contribution >= 4 is 24.0 Å². The Balaban J connectivity index is 1.70. The minimum Gasteiger partial charge on any atom is -0.464 e. The first-order valence-electron chi connectivity index (χ1n) is 7.63. The molecule has 122 valence electrons. The van der Waals surface area contributed by atoms with E-state index in [2.05, 4.69) is 10.3 Å². The van der Waals surface area contributed by atoms with E-state index in [1.807, 2.05) is 24.3 Å². The number of hydrogen-bond donors (Lipinski definition) is 3. The van der Waals surface area contributed by atoms with Gasteiger partial charge in [0.25, 0.3) is 0 Å². The monoisotopic (exact) mass is 324 g/mol. The van der Waals surface area contributed by atoms with E-state index in [1.165, 1.54) is 0 Å². The molecule has 0 unspecified atom stereocenters. The summed E-state index contributed by atoms with van der Waals surface area (Å²) >= 11 is 0. The number of amides is 1. The number of nitrogens with zero attached hydrogens (tertiary/aromatic N) is 1. The smallest absolute Gasteiger partial charge is 0.464 e. The van der Waals surface area contributed by atoms with Crippen LogP contribution in [0.2, 0.25) is 0 Å². The molecule has 24 heavy (non-hydrogen) atoms. The highest BCUT2D eigenvalue weighted by atomic mass is 16.4. The predicted octanol–water partition coefficient (Wildman–Crippen LogP) is 1.11. The lowest BCUT2D eigenvalue weighted by Gasteiger charge is -2.17. The molecule has 1 aromatic carbocycles. The van der Waals surface area contributed by atoms with Crippen molar-refractivity contribution in [3.8, 4) is 0 Å². The van der Waals surface area contributed by atoms with E-state index in [0.29, 0.717) is 0 Å². The number of fused-ring (bicyclic) bond motifs is 1. The van der Waals surface area contributed by atoms with Crippen LogP contribution in [0.1, 0.15) is 11.1 Å². The molecule has 2 aromatic heterocycles. The number of para-hydroxylation sites is 1. The Morgan fingerprint density at radius 3 is 2.71 bits per heavy atom. The summed E-state index contributed by atoms with van der Waals surface area (Å²) in [5.41, 5.74) is 2.34. The minimum absolute atomic E-state index is 0.151. The normalized spacial score (nSPS) is 12.1. The maximum Gasteiger partial charge on any atom is 0.475 e. The second-order valence-electron chi connectivity index (χ2n) is 5.58. The SMILES string of the molecule is O=C(Cc1ccncc1)N[C@@H](Cc1coc2ccccc12)B(O)O. The Morgan fingerprint density at radius 2 is 1.96 bits per heavy atom. The third-order valence-electron chi connectivity index (χ3n) is 3.82. The van der Waals surface area contributed by atoms with Crippen LogP contribution in [0.5, 0.6) is 0 Å². The third-order valence-corrected chi connectivity index (χ3v) is 3.82. The number of benzene rings is 1. The molecule has 2 heterocycles. The number of carbonyl (C=O) groups excluding carboxylic acids is 1. The van der Waals surface area contributed by atoms with Gasteiger partial charge in [0, 0.05) is 17.8 Å². The van der Waals surface area contributed by atoms with Gasteiger partial charge in [-0.15, -0.1) is 0 Å². The van der Waals surface area contributed by atoms with Crippen molar-refractivity contribution in [2.75, 3.05) is 0 Å². The number of hydrogen-bond acceptors (Lipinski definition) is 5. The molecule has 1 amide bonds. The number of nitrogens with one attached hydrogen (secondary N) is 1. The Labute approximate surface area is 139 Å². The highest BCUT2D eigenvalue weighted by Crippen LogP contribution is 2.22. The Kier molecular flexibility index (Phi) is 4.93. The molecule has 3 N–H and O–H groups in total. The van der Waals surface area contributed by atoms with Gasteiger partial charge in [-0.3, -0.25) is 9.78 Å². The van der Waals surface area contributed by atoms with Gasteiger partial charge in [-0.1, -0.05) is 18.2 Å². The molecule has 1 atom stereocenters. The van der Waals surface area contributed by atoms with Crippen molar-refractivity contribution in [1.82, 2.24) is 10.3 Å². The van der Waals surface area contributed by atoms with Crippen LogP contribution >= 0.6 is 0 Å². The van der Waals surface area contributed by atoms with Gasteiger partial charge < -0.3 is 19.8 Å². The van der Waals surface area contributed by atoms with E-state index < -0.39 is 13.1 Å². The van der Waals surface area contributed by atoms with Crippen LogP contribution in [0.15, 0.2) is 59.5 Å². The molecule has 0 aliphatic heterocycles. The summed E-state index contributed by atoms with van der Waals surface area (Å²) in [6, 6.07) is 11.0. The molecule has 0 aliphatic carbocycles. The van der Waals surface area contributed by atoms with Gasteiger partial charge in [0.1, 0.15) is 5.58 Å². The van der Waals surface area contributed by atoms with E-state index in [9.17, 15) is 14.8 Å². The van der Waals surface area contributed by atoms with Crippen molar-refractivity contribution in [3.63, 3.8) is 0 Å². The standard InChI is InChI=1S/C17H17BN2O4/c21-17(9-12-5-7-19-8-6-12)20-16(18(22)23)10-13-11-24-15-4-2-1-3-14(13)15/h1-8,11,16,22-23H,9-10H2,(H,20,21)/t16-/m0/s1. The first kappa shape index (κ1) is 16.2. The minimum atomic E-state index is -1.67. The van der Waals surface area contributed by atoms with Crippen LogP contribution in [0.4, 0.5) is 0 Å². The lowest BCUT2D eigenvalue weighted by molar-refractivity contribution is -0.120. The summed E-state index contributed by atoms with van der Waals surface area (Å²) in [6.45, 7) is 0. The van der Waals surface area contributed by atoms with Gasteiger partial charge >= 0.3 is 7.12 Å². The van der Waals surface area contributed by atoms with E-state index in [0.717, 1.165) is 22.1 Å². The number of carbonyl (C=O) groups is 1. The van der Waals surface area contributed by atoms with Gasteiger partial charge in [0.2, 0.25) is 5.91 Å². The molecule has 0 bridgehead atoms. The van der Waals surface area contributed by atoms with Gasteiger partial charge in [-0.05, 0) is 35.7 Å². The summed E-state index contributed by atoms with van der Waals surface area (Å²) in [5, 5.41) is 22.8. The van der Waals surface area contributed by atoms with Gasteiger partial charge in [-0.25, -0.2) is 0 Å². The highest BCUT2D eigenvalue weighted by molar-refractivity contribution is 6.43. The predicted molar refractivity (Wildman–Crippen MR) is 90.0 cm³/mol. The number of rotatable bonds is 6. The van der Waals surface area contributed by atoms with Crippen molar-refractivity contribution in [2.45, 2.75) is 18.8 Å². The number of aromatic nitrogens is 1. The van der Waals surface area contributed by atoms with Crippen LogP contribution in [-0.2, 0) is 17.6 Å². The van der Waals surface area contributed by atoms with Gasteiger partial charge in [-0.2, -0.15) is 0 Å². The topological polar surface area (TPSA) is 95.6 Å². The molecular weight excluding hydrogens is 307 g/mol. The van der Waals surface area contributed by atoms with Crippen LogP contribution < -0.4 is 5.32 Å². The third kappa shape index (κ3) is 3.82. The molecule has 0 saturated carbocycles. The van der Waals surface area contributed by atoms with E-state index in [1.54, 1.807) is 30.8 Å². The maximum absolute atomic E-state index is 12.1. The molecule has 0 saturated heterocycles. The zero-order valence-corrected chi connectivity index (χ0v) is 12.9. The highest BCUT2D eigenvalue weighted by Gasteiger charge is 2.26. The van der Waals surface area contributed by atoms with Crippen LogP contribution in [0, 0.1) is 0 Å². The fraction of sp³-hybridized carbons (Fsp3) is 0.176. The molecule has 0 radical (unpaired) electrons. The summed E-state index contributed by atoms with van der Waals surface area (Å²) < 4.78 is 5.45. The fourth-order valence-electron chi connectivity index (χ4n) is 2.60. The molecule has 7 heteroatoms. The first-order valence-corrected chi connectivity index (χ1v) is 7.63. The average molecular weight is 324 g/mol. The molecular formula is C17H17BN2O4. The largest absolute Gasteiger partial charge is 0.475 e. The zero-order chi connectivity index (χ0) is 16.9. The molecule has 3 rings (SSSR count). The lowest BCUT2D eigenvalue weighted by Crippen LogP contribution is -2.48. The zero-order valence-electron chi connectivity index (χ0n) is 12.9. The average Bonchev–Trinajstić information content (AvgIpc) is 2.98. The lowest BCUT2D eigenvalue weighted by atomic mass is 9.76. The second-order valence-corrected chi connectivity index (χ2v) is 5.58. The van der Waals surface area contributed by atoms with E-state index in [4.69, 9.17) is 4.42 Å². The van der Waals surface area contributed by atoms with Gasteiger partial charge in [0.05, 0.1) is 18.6 Å². The second kappa shape index (κ2) is 7.29. The number of furan rings is 1. The van der Waals surface area contributed by atoms with Crippen LogP contribution in [-0.4, -0.2) is 34.0 Å². The summed E-state index contributed by atoms with van der Waals surface area (Å²) in [6.07, 6.45) is 5.21. The summed E-state index contributed by atoms with van der Waals surface area (Å²) in [7, 11) is -1.67. The van der Waals surface area contributed by atoms with E-state index in [-0.39, 0.29) is 18.7 Å². The quantitative estimate of drug-likeness (QED) is 0.590. The Bertz CT molecular complexity index is 820. The molecule has 3 aromatic rings. The fourth-order valence-corrected chi connectivity index (χ4v) is 2.60. The van der Waals surface area contributed by atoms with Crippen LogP contribution in [0.25, 0.3) is 11.0 Å². The molecule has 0 spiro atoms. The van der Waals surface area contributed by atoms with Gasteiger partial charge in [0.15, 0.2) is 0 Å². The first-order chi connectivity index (χ1) is 11.6. The van der Waals surface area contributed by atoms with Crippen molar-refractivity contribution in [2.24, 2.45) is 0 Å². The molecule has 6 nitrogen and oxygen atoms in total. The van der Waals surface area contributed by atoms with E-state index >= 15 is 0 Å². The summed E-state index contributed by atoms with van der Waals surface area (Å²) in [5.74, 6) is -1.10. The van der Waals surface area contributed by atoms with Crippen molar-refractivity contribution in [1.29, 1.82) is 0 Å². The maximum atomic E-state index is 12.1.